The number of hydrogen-bond acceptors (Lipinski definition) is 2. The van der Waals surface area contributed by atoms with Crippen molar-refractivity contribution < 1.29 is 21.6 Å². The fourth-order valence-corrected chi connectivity index (χ4v) is 1.60. The molecule has 0 N–H and O–H groups in total. The third-order valence-electron chi connectivity index (χ3n) is 1.50. The molecule has 0 aliphatic carbocycles. The first-order chi connectivity index (χ1) is 5.65. The zero-order valence-electron chi connectivity index (χ0n) is 7.48. The van der Waals surface area contributed by atoms with Crippen LogP contribution in [0.3, 0.4) is 0 Å². The summed E-state index contributed by atoms with van der Waals surface area (Å²) in [5, 5.41) is 0.162. The van der Waals surface area contributed by atoms with E-state index >= 15 is 0 Å². The average Bonchev–Trinajstić information content (AvgIpc) is 1.82. The van der Waals surface area contributed by atoms with Crippen LogP contribution in [-0.2, 0) is 9.84 Å². The largest absolute Gasteiger partial charge is 0.389 e. The van der Waals surface area contributed by atoms with Gasteiger partial charge in [-0.1, -0.05) is 0 Å². The van der Waals surface area contributed by atoms with Gasteiger partial charge >= 0.3 is 6.18 Å². The van der Waals surface area contributed by atoms with Crippen molar-refractivity contribution >= 4 is 9.84 Å². The van der Waals surface area contributed by atoms with Crippen LogP contribution in [0.1, 0.15) is 26.7 Å². The van der Waals surface area contributed by atoms with Crippen LogP contribution in [0.4, 0.5) is 13.2 Å². The molecule has 0 atom stereocenters. The quantitative estimate of drug-likeness (QED) is 0.724. The van der Waals surface area contributed by atoms with E-state index in [4.69, 9.17) is 0 Å². The van der Waals surface area contributed by atoms with E-state index in [9.17, 15) is 21.6 Å². The van der Waals surface area contributed by atoms with Gasteiger partial charge in [0.2, 0.25) is 0 Å². The van der Waals surface area contributed by atoms with E-state index in [1.165, 1.54) is 13.8 Å². The van der Waals surface area contributed by atoms with Gasteiger partial charge in [-0.2, -0.15) is 13.2 Å². The van der Waals surface area contributed by atoms with Crippen molar-refractivity contribution in [3.8, 4) is 0 Å². The second kappa shape index (κ2) is 4.30. The van der Waals surface area contributed by atoms with E-state index in [1.807, 2.05) is 0 Å². The minimum absolute atomic E-state index is 0.162. The fourth-order valence-electron chi connectivity index (χ4n) is 0.667. The molecule has 2 nitrogen and oxygen atoms in total. The number of sulfone groups is 1. The fraction of sp³-hybridized carbons (Fsp3) is 0.857. The average molecular weight is 217 g/mol. The summed E-state index contributed by atoms with van der Waals surface area (Å²) in [7, 11) is -3.40. The first-order valence-electron chi connectivity index (χ1n) is 3.75. The van der Waals surface area contributed by atoms with Gasteiger partial charge in [0, 0.05) is 6.42 Å². The standard InChI is InChI=1S/C7H12F3O2S/c1-6(2)13(11,12)5-3-4-7(8,9)10/h3-5H2,1-2H3. The Morgan fingerprint density at radius 2 is 1.69 bits per heavy atom. The molecule has 0 spiro atoms. The first kappa shape index (κ1) is 12.7. The predicted octanol–water partition coefficient (Wildman–Crippen LogP) is 2.32. The van der Waals surface area contributed by atoms with E-state index < -0.39 is 28.2 Å². The molecule has 0 rings (SSSR count). The summed E-state index contributed by atoms with van der Waals surface area (Å²) in [6.07, 6.45) is -5.67. The lowest BCUT2D eigenvalue weighted by Crippen LogP contribution is -2.15. The van der Waals surface area contributed by atoms with E-state index in [0.717, 1.165) is 0 Å². The Morgan fingerprint density at radius 3 is 2.00 bits per heavy atom. The minimum atomic E-state index is -4.27. The molecule has 13 heavy (non-hydrogen) atoms. The van der Waals surface area contributed by atoms with Crippen molar-refractivity contribution in [3.05, 3.63) is 5.25 Å². The summed E-state index contributed by atoms with van der Waals surface area (Å²) in [4.78, 5) is 0. The van der Waals surface area contributed by atoms with Crippen LogP contribution in [0.5, 0.6) is 0 Å². The van der Waals surface area contributed by atoms with Gasteiger partial charge in [-0.15, -0.1) is 0 Å². The topological polar surface area (TPSA) is 34.1 Å². The Hall–Kier alpha value is -0.260. The maximum absolute atomic E-state index is 11.6. The molecular formula is C7H12F3O2S. The van der Waals surface area contributed by atoms with Crippen LogP contribution in [-0.4, -0.2) is 20.3 Å². The smallest absolute Gasteiger partial charge is 0.228 e. The lowest BCUT2D eigenvalue weighted by Gasteiger charge is -2.08. The van der Waals surface area contributed by atoms with Gasteiger partial charge in [0.1, 0.15) is 0 Å². The maximum Gasteiger partial charge on any atom is 0.389 e. The van der Waals surface area contributed by atoms with Crippen LogP contribution >= 0.6 is 0 Å². The van der Waals surface area contributed by atoms with Gasteiger partial charge in [-0.05, 0) is 20.3 Å². The van der Waals surface area contributed by atoms with Gasteiger partial charge in [0.05, 0.1) is 11.0 Å². The normalized spacial score (nSPS) is 13.7. The van der Waals surface area contributed by atoms with Gasteiger partial charge in [0.15, 0.2) is 9.84 Å². The van der Waals surface area contributed by atoms with E-state index in [0.29, 0.717) is 0 Å². The molecule has 79 valence electrons. The number of alkyl halides is 3. The summed E-state index contributed by atoms with van der Waals surface area (Å²) >= 11 is 0. The van der Waals surface area contributed by atoms with Gasteiger partial charge in [-0.3, -0.25) is 0 Å². The highest BCUT2D eigenvalue weighted by Gasteiger charge is 2.28. The molecule has 0 saturated carbocycles. The molecule has 0 unspecified atom stereocenters. The Morgan fingerprint density at radius 1 is 1.23 bits per heavy atom. The third kappa shape index (κ3) is 5.90. The first-order valence-corrected chi connectivity index (χ1v) is 5.40. The van der Waals surface area contributed by atoms with Crippen LogP contribution in [0.2, 0.25) is 0 Å². The predicted molar refractivity (Wildman–Crippen MR) is 43.7 cm³/mol. The molecule has 0 aromatic heterocycles. The highest BCUT2D eigenvalue weighted by molar-refractivity contribution is 7.94. The lowest BCUT2D eigenvalue weighted by molar-refractivity contribution is -0.134. The molecule has 0 aliphatic rings. The summed E-state index contributed by atoms with van der Waals surface area (Å²) in [5.41, 5.74) is 0. The van der Waals surface area contributed by atoms with Gasteiger partial charge in [-0.25, -0.2) is 8.42 Å². The molecule has 0 fully saturated rings. The van der Waals surface area contributed by atoms with Crippen molar-refractivity contribution in [1.29, 1.82) is 0 Å². The second-order valence-electron chi connectivity index (χ2n) is 2.95. The molecule has 0 aliphatic heterocycles. The van der Waals surface area contributed by atoms with Crippen molar-refractivity contribution in [2.75, 3.05) is 5.75 Å². The van der Waals surface area contributed by atoms with E-state index in [-0.39, 0.29) is 11.7 Å². The summed E-state index contributed by atoms with van der Waals surface area (Å²) in [5.74, 6) is -0.422. The third-order valence-corrected chi connectivity index (χ3v) is 3.57. The van der Waals surface area contributed by atoms with E-state index in [1.54, 1.807) is 0 Å². The molecular weight excluding hydrogens is 205 g/mol. The zero-order valence-corrected chi connectivity index (χ0v) is 8.30. The van der Waals surface area contributed by atoms with Gasteiger partial charge in [0.25, 0.3) is 0 Å². The number of halogens is 3. The molecule has 0 bridgehead atoms. The second-order valence-corrected chi connectivity index (χ2v) is 5.40. The monoisotopic (exact) mass is 217 g/mol. The van der Waals surface area contributed by atoms with Crippen LogP contribution in [0.25, 0.3) is 0 Å². The SMILES string of the molecule is C[C](C)S(=O)(=O)CCCC(F)(F)F. The molecule has 6 heteroatoms. The van der Waals surface area contributed by atoms with Gasteiger partial charge < -0.3 is 0 Å². The highest BCUT2D eigenvalue weighted by Crippen LogP contribution is 2.22. The molecule has 1 radical (unpaired) electrons. The van der Waals surface area contributed by atoms with Crippen molar-refractivity contribution in [2.24, 2.45) is 0 Å². The summed E-state index contributed by atoms with van der Waals surface area (Å²) in [6.45, 7) is 2.76. The number of rotatable bonds is 4. The molecule has 0 heterocycles. The molecule has 0 aromatic rings. The molecule has 0 amide bonds. The summed E-state index contributed by atoms with van der Waals surface area (Å²) < 4.78 is 56.9. The Labute approximate surface area is 76.1 Å². The number of hydrogen-bond donors (Lipinski definition) is 0. The van der Waals surface area contributed by atoms with Crippen molar-refractivity contribution in [1.82, 2.24) is 0 Å². The lowest BCUT2D eigenvalue weighted by atomic mass is 10.3. The van der Waals surface area contributed by atoms with Crippen molar-refractivity contribution in [2.45, 2.75) is 32.9 Å². The van der Waals surface area contributed by atoms with Crippen molar-refractivity contribution in [3.63, 3.8) is 0 Å². The van der Waals surface area contributed by atoms with Crippen LogP contribution in [0.15, 0.2) is 0 Å². The Kier molecular flexibility index (Phi) is 4.22. The highest BCUT2D eigenvalue weighted by atomic mass is 32.2. The summed E-state index contributed by atoms with van der Waals surface area (Å²) in [6, 6.07) is 0. The Balaban J connectivity index is 3.92. The van der Waals surface area contributed by atoms with E-state index in [2.05, 4.69) is 0 Å². The Bertz CT molecular complexity index is 241. The van der Waals surface area contributed by atoms with Crippen LogP contribution in [0, 0.1) is 5.25 Å². The van der Waals surface area contributed by atoms with Crippen LogP contribution < -0.4 is 0 Å². The minimum Gasteiger partial charge on any atom is -0.228 e. The zero-order chi connectivity index (χ0) is 10.7. The molecule has 0 aromatic carbocycles. The molecule has 0 saturated heterocycles. The maximum atomic E-state index is 11.6.